The molecule has 2 rings (SSSR count). The van der Waals surface area contributed by atoms with Gasteiger partial charge in [0.1, 0.15) is 11.9 Å². The van der Waals surface area contributed by atoms with E-state index in [1.54, 1.807) is 18.2 Å². The molecule has 1 aromatic rings. The molecule has 3 atom stereocenters. The average molecular weight is 328 g/mol. The summed E-state index contributed by atoms with van der Waals surface area (Å²) in [6, 6.07) is 6.05. The van der Waals surface area contributed by atoms with Crippen molar-refractivity contribution in [2.24, 2.45) is 5.73 Å². The van der Waals surface area contributed by atoms with Crippen LogP contribution < -0.4 is 15.8 Å². The third kappa shape index (κ3) is 4.62. The van der Waals surface area contributed by atoms with Crippen LogP contribution in [0.1, 0.15) is 37.8 Å². The zero-order valence-electron chi connectivity index (χ0n) is 13.0. The lowest BCUT2D eigenvalue weighted by atomic mass is 10.0. The predicted octanol–water partition coefficient (Wildman–Crippen LogP) is 2.36. The Morgan fingerprint density at radius 2 is 2.17 bits per heavy atom. The van der Waals surface area contributed by atoms with Crippen molar-refractivity contribution >= 4 is 5.91 Å². The Hall–Kier alpha value is -1.73. The molecule has 0 saturated carbocycles. The minimum absolute atomic E-state index is 0.0711. The molecule has 1 fully saturated rings. The number of carbonyl (C=O) groups is 1. The van der Waals surface area contributed by atoms with Gasteiger partial charge < -0.3 is 20.5 Å². The maximum Gasteiger partial charge on any atom is 0.387 e. The van der Waals surface area contributed by atoms with Gasteiger partial charge in [0.25, 0.3) is 0 Å². The predicted molar refractivity (Wildman–Crippen MR) is 81.2 cm³/mol. The van der Waals surface area contributed by atoms with Gasteiger partial charge in [0.15, 0.2) is 0 Å². The summed E-state index contributed by atoms with van der Waals surface area (Å²) < 4.78 is 35.1. The number of halogens is 2. The Morgan fingerprint density at radius 1 is 1.43 bits per heavy atom. The highest BCUT2D eigenvalue weighted by molar-refractivity contribution is 5.81. The molecular formula is C16H22F2N2O3. The fourth-order valence-corrected chi connectivity index (χ4v) is 2.71. The van der Waals surface area contributed by atoms with Crippen LogP contribution in [0.2, 0.25) is 0 Å². The second-order valence-corrected chi connectivity index (χ2v) is 5.45. The number of carbonyl (C=O) groups excluding carboxylic acids is 1. The molecule has 128 valence electrons. The number of hydrogen-bond acceptors (Lipinski definition) is 4. The molecule has 1 aliphatic heterocycles. The highest BCUT2D eigenvalue weighted by atomic mass is 19.3. The number of alkyl halides is 2. The van der Waals surface area contributed by atoms with Gasteiger partial charge in [-0.15, -0.1) is 0 Å². The van der Waals surface area contributed by atoms with Crippen LogP contribution in [0.15, 0.2) is 24.3 Å². The summed E-state index contributed by atoms with van der Waals surface area (Å²) in [6.45, 7) is -0.665. The van der Waals surface area contributed by atoms with E-state index in [9.17, 15) is 13.6 Å². The van der Waals surface area contributed by atoms with Crippen LogP contribution in [-0.4, -0.2) is 31.3 Å². The summed E-state index contributed by atoms with van der Waals surface area (Å²) in [5, 5.41) is 2.85. The van der Waals surface area contributed by atoms with Crippen LogP contribution in [0.25, 0.3) is 0 Å². The van der Waals surface area contributed by atoms with Crippen LogP contribution in [0.4, 0.5) is 8.78 Å². The molecule has 0 radical (unpaired) electrons. The first-order valence-corrected chi connectivity index (χ1v) is 7.74. The Labute approximate surface area is 134 Å². The van der Waals surface area contributed by atoms with Crippen LogP contribution in [0.3, 0.4) is 0 Å². The van der Waals surface area contributed by atoms with E-state index in [4.69, 9.17) is 10.5 Å². The molecule has 5 nitrogen and oxygen atoms in total. The molecule has 3 N–H and O–H groups in total. The highest BCUT2D eigenvalue weighted by Crippen LogP contribution is 2.29. The van der Waals surface area contributed by atoms with Gasteiger partial charge in [-0.05, 0) is 25.3 Å². The van der Waals surface area contributed by atoms with Crippen LogP contribution in [-0.2, 0) is 9.53 Å². The number of ether oxygens (including phenoxy) is 2. The van der Waals surface area contributed by atoms with Crippen molar-refractivity contribution in [1.82, 2.24) is 5.32 Å². The van der Waals surface area contributed by atoms with Gasteiger partial charge in [-0.1, -0.05) is 25.1 Å². The molecule has 1 amide bonds. The number of nitrogens with two attached hydrogens (primary N) is 1. The second kappa shape index (κ2) is 8.21. The van der Waals surface area contributed by atoms with Gasteiger partial charge in [-0.3, -0.25) is 4.79 Å². The maximum atomic E-state index is 12.5. The fraction of sp³-hybridized carbons (Fsp3) is 0.562. The molecular weight excluding hydrogens is 306 g/mol. The average Bonchev–Trinajstić information content (AvgIpc) is 3.02. The lowest BCUT2D eigenvalue weighted by Crippen LogP contribution is -2.37. The van der Waals surface area contributed by atoms with Crippen molar-refractivity contribution in [3.8, 4) is 5.75 Å². The molecule has 0 spiro atoms. The first kappa shape index (κ1) is 17.6. The monoisotopic (exact) mass is 328 g/mol. The van der Waals surface area contributed by atoms with Crippen molar-refractivity contribution in [2.45, 2.75) is 51.0 Å². The third-order valence-corrected chi connectivity index (χ3v) is 3.90. The lowest BCUT2D eigenvalue weighted by Gasteiger charge is -2.22. The van der Waals surface area contributed by atoms with E-state index in [2.05, 4.69) is 10.1 Å². The fourth-order valence-electron chi connectivity index (χ4n) is 2.71. The van der Waals surface area contributed by atoms with Gasteiger partial charge in [0.05, 0.1) is 12.1 Å². The smallest absolute Gasteiger partial charge is 0.387 e. The van der Waals surface area contributed by atoms with E-state index in [1.165, 1.54) is 6.07 Å². The number of amides is 1. The number of benzene rings is 1. The van der Waals surface area contributed by atoms with Crippen molar-refractivity contribution in [3.05, 3.63) is 29.8 Å². The Kier molecular flexibility index (Phi) is 6.29. The number of rotatable bonds is 7. The van der Waals surface area contributed by atoms with Crippen LogP contribution in [0, 0.1) is 0 Å². The normalized spacial score (nSPS) is 22.1. The van der Waals surface area contributed by atoms with Gasteiger partial charge in [-0.2, -0.15) is 8.78 Å². The van der Waals surface area contributed by atoms with Crippen LogP contribution >= 0.6 is 0 Å². The Balaban J connectivity index is 2.07. The largest absolute Gasteiger partial charge is 0.434 e. The topological polar surface area (TPSA) is 73.6 Å². The van der Waals surface area contributed by atoms with E-state index in [1.807, 2.05) is 6.92 Å². The van der Waals surface area contributed by atoms with Crippen LogP contribution in [0.5, 0.6) is 5.75 Å². The number of para-hydroxylation sites is 1. The molecule has 0 aliphatic carbocycles. The van der Waals surface area contributed by atoms with E-state index >= 15 is 0 Å². The zero-order chi connectivity index (χ0) is 16.8. The van der Waals surface area contributed by atoms with E-state index in [0.29, 0.717) is 24.9 Å². The van der Waals surface area contributed by atoms with Crippen molar-refractivity contribution < 1.29 is 23.0 Å². The molecule has 1 heterocycles. The van der Waals surface area contributed by atoms with Gasteiger partial charge in [0.2, 0.25) is 5.91 Å². The molecule has 1 unspecified atom stereocenters. The molecule has 23 heavy (non-hydrogen) atoms. The summed E-state index contributed by atoms with van der Waals surface area (Å²) in [6.07, 6.45) is 1.26. The number of hydrogen-bond donors (Lipinski definition) is 2. The van der Waals surface area contributed by atoms with Gasteiger partial charge >= 0.3 is 6.61 Å². The first-order chi connectivity index (χ1) is 11.0. The minimum atomic E-state index is -2.91. The maximum absolute atomic E-state index is 12.5. The molecule has 1 saturated heterocycles. The van der Waals surface area contributed by atoms with Crippen molar-refractivity contribution in [1.29, 1.82) is 0 Å². The van der Waals surface area contributed by atoms with Crippen molar-refractivity contribution in [2.75, 3.05) is 6.54 Å². The molecule has 0 aromatic heterocycles. The molecule has 7 heteroatoms. The van der Waals surface area contributed by atoms with Crippen molar-refractivity contribution in [3.63, 3.8) is 0 Å². The summed E-state index contributed by atoms with van der Waals surface area (Å²) >= 11 is 0. The second-order valence-electron chi connectivity index (χ2n) is 5.45. The quantitative estimate of drug-likeness (QED) is 0.806. The molecule has 1 aliphatic rings. The summed E-state index contributed by atoms with van der Waals surface area (Å²) in [5.41, 5.74) is 6.06. The van der Waals surface area contributed by atoms with E-state index < -0.39 is 18.8 Å². The SMILES string of the molecule is CCC(NC(=O)[C@@H]1CC[C@H](CN)O1)c1ccccc1OC(F)F. The lowest BCUT2D eigenvalue weighted by molar-refractivity contribution is -0.132. The Bertz CT molecular complexity index is 528. The van der Waals surface area contributed by atoms with E-state index in [-0.39, 0.29) is 17.8 Å². The minimum Gasteiger partial charge on any atom is -0.434 e. The standard InChI is InChI=1S/C16H22F2N2O3/c1-2-12(11-5-3-4-6-13(11)23-16(17)18)20-15(21)14-8-7-10(9-19)22-14/h3-6,10,12,14,16H,2,7-9,19H2,1H3,(H,20,21)/t10-,12?,14+/m1/s1. The summed E-state index contributed by atoms with van der Waals surface area (Å²) in [4.78, 5) is 12.3. The van der Waals surface area contributed by atoms with E-state index in [0.717, 1.165) is 6.42 Å². The summed E-state index contributed by atoms with van der Waals surface area (Å²) in [7, 11) is 0. The summed E-state index contributed by atoms with van der Waals surface area (Å²) in [5.74, 6) is -0.179. The molecule has 0 bridgehead atoms. The third-order valence-electron chi connectivity index (χ3n) is 3.90. The van der Waals surface area contributed by atoms with Gasteiger partial charge in [0, 0.05) is 12.1 Å². The van der Waals surface area contributed by atoms with Gasteiger partial charge in [-0.25, -0.2) is 0 Å². The zero-order valence-corrected chi connectivity index (χ0v) is 13.0. The first-order valence-electron chi connectivity index (χ1n) is 7.74. The Morgan fingerprint density at radius 3 is 2.78 bits per heavy atom. The number of nitrogens with one attached hydrogen (secondary N) is 1. The highest BCUT2D eigenvalue weighted by Gasteiger charge is 2.31. The molecule has 1 aromatic carbocycles.